The molecule has 0 saturated carbocycles. The van der Waals surface area contributed by atoms with Crippen LogP contribution in [0.1, 0.15) is 42.9 Å². The topological polar surface area (TPSA) is 102 Å². The molecule has 3 amide bonds. The van der Waals surface area contributed by atoms with E-state index in [1.165, 1.54) is 47.0 Å². The van der Waals surface area contributed by atoms with Crippen LogP contribution < -0.4 is 15.0 Å². The van der Waals surface area contributed by atoms with Crippen molar-refractivity contribution >= 4 is 34.6 Å². The highest BCUT2D eigenvalue weighted by atomic mass is 32.2. The smallest absolute Gasteiger partial charge is 0.406 e. The molecule has 1 saturated heterocycles. The number of nitrogens with one attached hydrogen (secondary N) is 1. The first-order valence-corrected chi connectivity index (χ1v) is 15.4. The number of halogens is 3. The Morgan fingerprint density at radius 2 is 1.87 bits per heavy atom. The number of ether oxygens (including phenoxy) is 1. The van der Waals surface area contributed by atoms with Gasteiger partial charge in [0.2, 0.25) is 5.91 Å². The number of carbonyl (C=O) groups excluding carboxylic acids is 2. The number of amidine groups is 1. The fourth-order valence-corrected chi connectivity index (χ4v) is 6.35. The number of benzene rings is 3. The van der Waals surface area contributed by atoms with Crippen LogP contribution >= 0.6 is 11.8 Å². The largest absolute Gasteiger partial charge is 0.573 e. The standard InChI is InChI=1S/C32H29F3N6O3S/c1-19(2)26-5-3-4-6-27(26)41-28(42)17-45-31(41)38-30(43)37-23-10-9-20-15-22(8-7-21(20)16-23)29-36-18-40(39-29)24-11-13-25(14-12-24)44-32(33,34)35/h3-8,11-15,18-19,23H,9-10,16-17H2,1-2H3,(H,37,43). The third kappa shape index (κ3) is 6.88. The van der Waals surface area contributed by atoms with Crippen LogP contribution in [0.4, 0.5) is 23.7 Å². The second-order valence-corrected chi connectivity index (χ2v) is 12.0. The number of aliphatic imine (C=N–C) groups is 1. The third-order valence-corrected chi connectivity index (χ3v) is 8.53. The van der Waals surface area contributed by atoms with Crippen LogP contribution in [0, 0.1) is 0 Å². The maximum absolute atomic E-state index is 13.0. The lowest BCUT2D eigenvalue weighted by Gasteiger charge is -2.25. The quantitative estimate of drug-likeness (QED) is 0.255. The summed E-state index contributed by atoms with van der Waals surface area (Å²) in [4.78, 5) is 36.0. The fourth-order valence-electron chi connectivity index (χ4n) is 5.49. The number of para-hydroxylation sites is 1. The number of fused-ring (bicyclic) bond motifs is 1. The number of aryl methyl sites for hydroxylation is 1. The molecule has 1 aliphatic heterocycles. The van der Waals surface area contributed by atoms with Gasteiger partial charge in [0.1, 0.15) is 12.1 Å². The van der Waals surface area contributed by atoms with Crippen molar-refractivity contribution in [2.45, 2.75) is 51.4 Å². The predicted molar refractivity (Wildman–Crippen MR) is 166 cm³/mol. The maximum Gasteiger partial charge on any atom is 0.573 e. The van der Waals surface area contributed by atoms with Gasteiger partial charge in [-0.05, 0) is 78.3 Å². The summed E-state index contributed by atoms with van der Waals surface area (Å²) in [6, 6.07) is 18.4. The normalized spacial score (nSPS) is 17.6. The van der Waals surface area contributed by atoms with Gasteiger partial charge in [-0.2, -0.15) is 4.99 Å². The van der Waals surface area contributed by atoms with E-state index in [0.717, 1.165) is 34.4 Å². The summed E-state index contributed by atoms with van der Waals surface area (Å²) in [6.45, 7) is 4.12. The number of thioether (sulfide) groups is 1. The number of anilines is 1. The van der Waals surface area contributed by atoms with Gasteiger partial charge in [0.05, 0.1) is 17.1 Å². The van der Waals surface area contributed by atoms with Gasteiger partial charge < -0.3 is 10.1 Å². The summed E-state index contributed by atoms with van der Waals surface area (Å²) in [5.74, 6) is 0.492. The minimum absolute atomic E-state index is 0.102. The molecule has 9 nitrogen and oxygen atoms in total. The lowest BCUT2D eigenvalue weighted by Crippen LogP contribution is -2.38. The second kappa shape index (κ2) is 12.4. The van der Waals surface area contributed by atoms with Crippen LogP contribution in [0.25, 0.3) is 17.1 Å². The molecule has 1 N–H and O–H groups in total. The summed E-state index contributed by atoms with van der Waals surface area (Å²) < 4.78 is 42.8. The number of alkyl halides is 3. The lowest BCUT2D eigenvalue weighted by molar-refractivity contribution is -0.274. The average Bonchev–Trinajstić information content (AvgIpc) is 3.63. The van der Waals surface area contributed by atoms with Gasteiger partial charge >= 0.3 is 12.4 Å². The zero-order chi connectivity index (χ0) is 31.7. The summed E-state index contributed by atoms with van der Waals surface area (Å²) >= 11 is 1.26. The maximum atomic E-state index is 13.0. The lowest BCUT2D eigenvalue weighted by atomic mass is 9.87. The number of hydrogen-bond donors (Lipinski definition) is 1. The highest BCUT2D eigenvalue weighted by molar-refractivity contribution is 8.15. The molecular weight excluding hydrogens is 605 g/mol. The molecule has 1 atom stereocenters. The van der Waals surface area contributed by atoms with Crippen LogP contribution in [-0.4, -0.2) is 50.0 Å². The molecule has 1 fully saturated rings. The van der Waals surface area contributed by atoms with E-state index >= 15 is 0 Å². The molecule has 6 rings (SSSR count). The molecule has 1 unspecified atom stereocenters. The van der Waals surface area contributed by atoms with Gasteiger partial charge in [-0.1, -0.05) is 55.9 Å². The number of aromatic nitrogens is 3. The van der Waals surface area contributed by atoms with E-state index in [1.807, 2.05) is 42.5 Å². The van der Waals surface area contributed by atoms with Crippen molar-refractivity contribution < 1.29 is 27.5 Å². The minimum atomic E-state index is -4.76. The van der Waals surface area contributed by atoms with Crippen LogP contribution in [0.3, 0.4) is 0 Å². The van der Waals surface area contributed by atoms with Crippen molar-refractivity contribution in [3.63, 3.8) is 0 Å². The van der Waals surface area contributed by atoms with Crippen LogP contribution in [-0.2, 0) is 17.6 Å². The Bertz CT molecular complexity index is 1770. The van der Waals surface area contributed by atoms with Gasteiger partial charge in [0, 0.05) is 11.6 Å². The molecule has 3 aromatic carbocycles. The summed E-state index contributed by atoms with van der Waals surface area (Å²) in [7, 11) is 0. The first kappa shape index (κ1) is 30.4. The fraction of sp³-hybridized carbons (Fsp3) is 0.281. The van der Waals surface area contributed by atoms with E-state index in [-0.39, 0.29) is 29.4 Å². The van der Waals surface area contributed by atoms with Gasteiger partial charge in [0.25, 0.3) is 0 Å². The predicted octanol–water partition coefficient (Wildman–Crippen LogP) is 6.66. The number of urea groups is 1. The van der Waals surface area contributed by atoms with Gasteiger partial charge in [-0.25, -0.2) is 14.5 Å². The summed E-state index contributed by atoms with van der Waals surface area (Å²) in [5, 5.41) is 7.89. The first-order valence-electron chi connectivity index (χ1n) is 14.4. The Labute approximate surface area is 261 Å². The molecule has 1 aliphatic carbocycles. The summed E-state index contributed by atoms with van der Waals surface area (Å²) in [5.41, 5.74) is 5.34. The molecular formula is C32H29F3N6O3S. The molecule has 1 aromatic heterocycles. The Morgan fingerprint density at radius 3 is 2.62 bits per heavy atom. The van der Waals surface area contributed by atoms with Gasteiger partial charge in [0.15, 0.2) is 11.0 Å². The Kier molecular flexibility index (Phi) is 8.36. The van der Waals surface area contributed by atoms with Gasteiger partial charge in [-0.3, -0.25) is 9.69 Å². The van der Waals surface area contributed by atoms with Crippen LogP contribution in [0.15, 0.2) is 78.0 Å². The Balaban J connectivity index is 1.11. The van der Waals surface area contributed by atoms with E-state index in [2.05, 4.69) is 39.0 Å². The van der Waals surface area contributed by atoms with Crippen molar-refractivity contribution in [3.05, 3.63) is 89.7 Å². The molecule has 0 radical (unpaired) electrons. The molecule has 2 aliphatic rings. The Hall–Kier alpha value is -4.65. The van der Waals surface area contributed by atoms with E-state index < -0.39 is 12.4 Å². The SMILES string of the molecule is CC(C)c1ccccc1N1C(=O)CSC1=NC(=O)NC1CCc2cc(-c3ncn(-c4ccc(OC(F)(F)F)cc4)n3)ccc2C1. The molecule has 45 heavy (non-hydrogen) atoms. The number of rotatable bonds is 6. The number of hydrogen-bond acceptors (Lipinski definition) is 6. The first-order chi connectivity index (χ1) is 21.5. The van der Waals surface area contributed by atoms with Crippen LogP contribution in [0.5, 0.6) is 5.75 Å². The van der Waals surface area contributed by atoms with Crippen molar-refractivity contribution in [2.24, 2.45) is 4.99 Å². The second-order valence-electron chi connectivity index (χ2n) is 11.1. The highest BCUT2D eigenvalue weighted by Crippen LogP contribution is 2.33. The van der Waals surface area contributed by atoms with Gasteiger partial charge in [-0.15, -0.1) is 18.3 Å². The van der Waals surface area contributed by atoms with E-state index in [0.29, 0.717) is 29.5 Å². The van der Waals surface area contributed by atoms with Crippen LogP contribution in [0.2, 0.25) is 0 Å². The van der Waals surface area contributed by atoms with Crippen molar-refractivity contribution in [2.75, 3.05) is 10.7 Å². The number of carbonyl (C=O) groups is 2. The molecule has 0 spiro atoms. The van der Waals surface area contributed by atoms with E-state index in [9.17, 15) is 22.8 Å². The monoisotopic (exact) mass is 634 g/mol. The van der Waals surface area contributed by atoms with Crippen molar-refractivity contribution in [1.29, 1.82) is 0 Å². The van der Waals surface area contributed by atoms with Crippen molar-refractivity contribution in [1.82, 2.24) is 20.1 Å². The van der Waals surface area contributed by atoms with Crippen molar-refractivity contribution in [3.8, 4) is 22.8 Å². The molecule has 4 aromatic rings. The molecule has 232 valence electrons. The highest BCUT2D eigenvalue weighted by Gasteiger charge is 2.33. The number of nitrogens with zero attached hydrogens (tertiary/aromatic N) is 5. The van der Waals surface area contributed by atoms with E-state index in [1.54, 1.807) is 4.90 Å². The molecule has 13 heteroatoms. The average molecular weight is 635 g/mol. The third-order valence-electron chi connectivity index (χ3n) is 7.61. The molecule has 0 bridgehead atoms. The minimum Gasteiger partial charge on any atom is -0.406 e. The Morgan fingerprint density at radius 1 is 1.09 bits per heavy atom. The summed E-state index contributed by atoms with van der Waals surface area (Å²) in [6.07, 6.45) is -1.18. The van der Waals surface area contributed by atoms with E-state index in [4.69, 9.17) is 0 Å². The number of amides is 3. The molecule has 2 heterocycles. The zero-order valence-corrected chi connectivity index (χ0v) is 25.2. The zero-order valence-electron chi connectivity index (χ0n) is 24.4.